The van der Waals surface area contributed by atoms with Gasteiger partial charge in [0.2, 0.25) is 0 Å². The maximum Gasteiger partial charge on any atom is 0.123 e. The normalized spacial score (nSPS) is 20.0. The first kappa shape index (κ1) is 12.5. The molecule has 1 aliphatic heterocycles. The number of fused-ring (bicyclic) bond motifs is 1. The first-order valence-corrected chi connectivity index (χ1v) is 6.74. The molecule has 0 aliphatic carbocycles. The number of nitrogens with two attached hydrogens (primary N) is 1. The lowest BCUT2D eigenvalue weighted by Gasteiger charge is -2.27. The number of furan rings is 1. The van der Waals surface area contributed by atoms with Gasteiger partial charge in [0.05, 0.1) is 25.0 Å². The number of hydrogen-bond donors (Lipinski definition) is 1. The third-order valence-corrected chi connectivity index (χ3v) is 3.80. The molecular weight excluding hydrogens is 238 g/mol. The zero-order chi connectivity index (χ0) is 13.2. The lowest BCUT2D eigenvalue weighted by molar-refractivity contribution is 0.0306. The minimum Gasteiger partial charge on any atom is -0.467 e. The summed E-state index contributed by atoms with van der Waals surface area (Å²) in [6.07, 6.45) is 3.51. The molecule has 0 fully saturated rings. The third-order valence-electron chi connectivity index (χ3n) is 3.80. The summed E-state index contributed by atoms with van der Waals surface area (Å²) in [7, 11) is 0. The number of hydrogen-bond acceptors (Lipinski definition) is 3. The van der Waals surface area contributed by atoms with Crippen LogP contribution in [0, 0.1) is 6.92 Å². The Bertz CT molecular complexity index is 561. The standard InChI is InChI=1S/C16H19NO2/c1-11-6-8-19-16(11)14(17)10-15-13-5-3-2-4-12(13)7-9-18-15/h2-6,8,14-15H,7,9-10,17H2,1H3. The van der Waals surface area contributed by atoms with Crippen LogP contribution in [0.3, 0.4) is 0 Å². The summed E-state index contributed by atoms with van der Waals surface area (Å²) < 4.78 is 11.4. The number of aryl methyl sites for hydroxylation is 1. The van der Waals surface area contributed by atoms with Crippen molar-refractivity contribution in [1.82, 2.24) is 0 Å². The number of rotatable bonds is 3. The monoisotopic (exact) mass is 257 g/mol. The van der Waals surface area contributed by atoms with Crippen LogP contribution in [0.1, 0.15) is 41.0 Å². The molecule has 3 nitrogen and oxygen atoms in total. The van der Waals surface area contributed by atoms with Crippen LogP contribution in [0.5, 0.6) is 0 Å². The van der Waals surface area contributed by atoms with E-state index in [0.717, 1.165) is 30.8 Å². The molecule has 0 saturated heterocycles. The summed E-state index contributed by atoms with van der Waals surface area (Å²) in [5.41, 5.74) is 10.0. The predicted molar refractivity (Wildman–Crippen MR) is 73.8 cm³/mol. The van der Waals surface area contributed by atoms with Gasteiger partial charge in [0, 0.05) is 6.42 Å². The molecule has 3 heteroatoms. The topological polar surface area (TPSA) is 48.4 Å². The fraction of sp³-hybridized carbons (Fsp3) is 0.375. The molecule has 0 amide bonds. The van der Waals surface area contributed by atoms with Crippen LogP contribution in [0.4, 0.5) is 0 Å². The second-order valence-electron chi connectivity index (χ2n) is 5.12. The highest BCUT2D eigenvalue weighted by molar-refractivity contribution is 5.31. The van der Waals surface area contributed by atoms with Gasteiger partial charge in [-0.05, 0) is 36.1 Å². The van der Waals surface area contributed by atoms with Crippen LogP contribution < -0.4 is 5.73 Å². The highest BCUT2D eigenvalue weighted by atomic mass is 16.5. The fourth-order valence-corrected chi connectivity index (χ4v) is 2.77. The molecule has 100 valence electrons. The summed E-state index contributed by atoms with van der Waals surface area (Å²) in [6, 6.07) is 10.3. The number of ether oxygens (including phenoxy) is 1. The van der Waals surface area contributed by atoms with Crippen molar-refractivity contribution in [2.45, 2.75) is 31.9 Å². The number of benzene rings is 1. The van der Waals surface area contributed by atoms with E-state index in [0.29, 0.717) is 0 Å². The van der Waals surface area contributed by atoms with Crippen molar-refractivity contribution in [3.63, 3.8) is 0 Å². The summed E-state index contributed by atoms with van der Waals surface area (Å²) >= 11 is 0. The Labute approximate surface area is 113 Å². The van der Waals surface area contributed by atoms with E-state index in [9.17, 15) is 0 Å². The summed E-state index contributed by atoms with van der Waals surface area (Å²) in [4.78, 5) is 0. The largest absolute Gasteiger partial charge is 0.467 e. The smallest absolute Gasteiger partial charge is 0.123 e. The van der Waals surface area contributed by atoms with Crippen molar-refractivity contribution in [2.24, 2.45) is 5.73 Å². The first-order chi connectivity index (χ1) is 9.25. The zero-order valence-electron chi connectivity index (χ0n) is 11.1. The van der Waals surface area contributed by atoms with E-state index in [1.54, 1.807) is 6.26 Å². The SMILES string of the molecule is Cc1ccoc1C(N)CC1OCCc2ccccc21. The van der Waals surface area contributed by atoms with E-state index in [1.807, 2.05) is 13.0 Å². The Kier molecular flexibility index (Phi) is 3.40. The van der Waals surface area contributed by atoms with Crippen molar-refractivity contribution in [2.75, 3.05) is 6.61 Å². The van der Waals surface area contributed by atoms with Crippen LogP contribution in [0.2, 0.25) is 0 Å². The maximum absolute atomic E-state index is 6.25. The van der Waals surface area contributed by atoms with Gasteiger partial charge in [-0.25, -0.2) is 0 Å². The van der Waals surface area contributed by atoms with Gasteiger partial charge in [-0.15, -0.1) is 0 Å². The quantitative estimate of drug-likeness (QED) is 0.917. The molecule has 0 bridgehead atoms. The van der Waals surface area contributed by atoms with Crippen LogP contribution >= 0.6 is 0 Å². The molecule has 0 radical (unpaired) electrons. The minimum atomic E-state index is -0.119. The van der Waals surface area contributed by atoms with Gasteiger partial charge < -0.3 is 14.9 Å². The van der Waals surface area contributed by atoms with Crippen LogP contribution in [-0.2, 0) is 11.2 Å². The molecule has 1 aliphatic rings. The molecule has 1 aromatic heterocycles. The molecule has 2 atom stereocenters. The van der Waals surface area contributed by atoms with Gasteiger partial charge in [-0.2, -0.15) is 0 Å². The van der Waals surface area contributed by atoms with E-state index < -0.39 is 0 Å². The Morgan fingerprint density at radius 2 is 2.16 bits per heavy atom. The van der Waals surface area contributed by atoms with Crippen molar-refractivity contribution >= 4 is 0 Å². The van der Waals surface area contributed by atoms with E-state index >= 15 is 0 Å². The molecule has 19 heavy (non-hydrogen) atoms. The van der Waals surface area contributed by atoms with Gasteiger partial charge in [0.15, 0.2) is 0 Å². The average Bonchev–Trinajstić information content (AvgIpc) is 2.85. The Morgan fingerprint density at radius 1 is 1.32 bits per heavy atom. The van der Waals surface area contributed by atoms with E-state index in [-0.39, 0.29) is 12.1 Å². The maximum atomic E-state index is 6.25. The van der Waals surface area contributed by atoms with E-state index in [2.05, 4.69) is 24.3 Å². The lowest BCUT2D eigenvalue weighted by atomic mass is 9.93. The highest BCUT2D eigenvalue weighted by Gasteiger charge is 2.24. The molecule has 2 aromatic rings. The van der Waals surface area contributed by atoms with Crippen molar-refractivity contribution in [3.8, 4) is 0 Å². The highest BCUT2D eigenvalue weighted by Crippen LogP contribution is 2.34. The molecule has 2 N–H and O–H groups in total. The molecule has 2 heterocycles. The van der Waals surface area contributed by atoms with Crippen molar-refractivity contribution < 1.29 is 9.15 Å². The first-order valence-electron chi connectivity index (χ1n) is 6.74. The Morgan fingerprint density at radius 3 is 2.95 bits per heavy atom. The molecule has 3 rings (SSSR count). The van der Waals surface area contributed by atoms with Gasteiger partial charge >= 0.3 is 0 Å². The van der Waals surface area contributed by atoms with E-state index in [4.69, 9.17) is 14.9 Å². The summed E-state index contributed by atoms with van der Waals surface area (Å²) in [5.74, 6) is 0.867. The second kappa shape index (κ2) is 5.19. The third kappa shape index (κ3) is 2.44. The molecular formula is C16H19NO2. The van der Waals surface area contributed by atoms with Crippen LogP contribution in [0.15, 0.2) is 41.0 Å². The minimum absolute atomic E-state index is 0.0736. The molecule has 0 saturated carbocycles. The van der Waals surface area contributed by atoms with Crippen LogP contribution in [0.25, 0.3) is 0 Å². The Hall–Kier alpha value is -1.58. The van der Waals surface area contributed by atoms with Crippen molar-refractivity contribution in [1.29, 1.82) is 0 Å². The molecule has 0 spiro atoms. The zero-order valence-corrected chi connectivity index (χ0v) is 11.1. The average molecular weight is 257 g/mol. The second-order valence-corrected chi connectivity index (χ2v) is 5.12. The van der Waals surface area contributed by atoms with Gasteiger partial charge in [0.1, 0.15) is 5.76 Å². The predicted octanol–water partition coefficient (Wildman–Crippen LogP) is 3.29. The van der Waals surface area contributed by atoms with Crippen molar-refractivity contribution in [3.05, 3.63) is 59.0 Å². The van der Waals surface area contributed by atoms with Gasteiger partial charge in [0.25, 0.3) is 0 Å². The fourth-order valence-electron chi connectivity index (χ4n) is 2.77. The van der Waals surface area contributed by atoms with Gasteiger partial charge in [-0.1, -0.05) is 24.3 Å². The van der Waals surface area contributed by atoms with Crippen LogP contribution in [-0.4, -0.2) is 6.61 Å². The Balaban J connectivity index is 1.80. The summed E-state index contributed by atoms with van der Waals surface area (Å²) in [6.45, 7) is 2.79. The molecule has 2 unspecified atom stereocenters. The van der Waals surface area contributed by atoms with Gasteiger partial charge in [-0.3, -0.25) is 0 Å². The summed E-state index contributed by atoms with van der Waals surface area (Å²) in [5, 5.41) is 0. The van der Waals surface area contributed by atoms with E-state index in [1.165, 1.54) is 11.1 Å². The molecule has 1 aromatic carbocycles. The lowest BCUT2D eigenvalue weighted by Crippen LogP contribution is -2.21.